The number of carbonyl (C=O) groups excluding carboxylic acids is 2. The van der Waals surface area contributed by atoms with Crippen LogP contribution in [0.3, 0.4) is 0 Å². The minimum atomic E-state index is -0.255. The molecular formula is C25H25N3O4. The summed E-state index contributed by atoms with van der Waals surface area (Å²) >= 11 is 0. The minimum absolute atomic E-state index is 0.0919. The first-order chi connectivity index (χ1) is 15.5. The molecule has 0 bridgehead atoms. The summed E-state index contributed by atoms with van der Waals surface area (Å²) in [6, 6.07) is 19.5. The Kier molecular flexibility index (Phi) is 6.44. The smallest absolute Gasteiger partial charge is 0.274 e. The summed E-state index contributed by atoms with van der Waals surface area (Å²) in [4.78, 5) is 39.7. The van der Waals surface area contributed by atoms with Crippen molar-refractivity contribution in [3.05, 3.63) is 93.9 Å². The number of benzene rings is 2. The van der Waals surface area contributed by atoms with Crippen molar-refractivity contribution in [1.29, 1.82) is 0 Å². The quantitative estimate of drug-likeness (QED) is 0.561. The Hall–Kier alpha value is -3.74. The number of piperidine rings is 1. The van der Waals surface area contributed by atoms with Crippen LogP contribution in [-0.4, -0.2) is 46.6 Å². The fourth-order valence-electron chi connectivity index (χ4n) is 3.93. The number of Topliss-reactive ketones (excluding diaryl/α,β-unsaturated/α-hetero) is 1. The normalized spacial score (nSPS) is 14.2. The summed E-state index contributed by atoms with van der Waals surface area (Å²) in [6.45, 7) is 1.26. The first-order valence-corrected chi connectivity index (χ1v) is 10.6. The Labute approximate surface area is 186 Å². The number of hydrogen-bond donors (Lipinski definition) is 0. The van der Waals surface area contributed by atoms with Crippen molar-refractivity contribution in [2.75, 3.05) is 20.2 Å². The van der Waals surface area contributed by atoms with E-state index >= 15 is 0 Å². The van der Waals surface area contributed by atoms with Crippen LogP contribution in [0.15, 0.2) is 71.5 Å². The van der Waals surface area contributed by atoms with Gasteiger partial charge in [0.15, 0.2) is 5.78 Å². The van der Waals surface area contributed by atoms with Crippen LogP contribution in [0.2, 0.25) is 0 Å². The lowest BCUT2D eigenvalue weighted by molar-refractivity contribution is 0.0643. The Morgan fingerprint density at radius 2 is 1.66 bits per heavy atom. The molecule has 3 aromatic rings. The average molecular weight is 431 g/mol. The average Bonchev–Trinajstić information content (AvgIpc) is 2.85. The van der Waals surface area contributed by atoms with Crippen molar-refractivity contribution in [1.82, 2.24) is 14.7 Å². The van der Waals surface area contributed by atoms with E-state index in [1.807, 2.05) is 30.3 Å². The van der Waals surface area contributed by atoms with E-state index in [1.54, 1.807) is 36.3 Å². The molecule has 0 spiro atoms. The van der Waals surface area contributed by atoms with E-state index in [0.29, 0.717) is 43.8 Å². The first-order valence-electron chi connectivity index (χ1n) is 10.6. The SMILES string of the molecule is COc1ccc(C(=O)C2CCN(C(=O)c3ccc(=O)n(Cc4ccccc4)n3)CC2)cc1. The highest BCUT2D eigenvalue weighted by Gasteiger charge is 2.29. The lowest BCUT2D eigenvalue weighted by atomic mass is 9.89. The zero-order chi connectivity index (χ0) is 22.5. The third-order valence-corrected chi connectivity index (χ3v) is 5.79. The second kappa shape index (κ2) is 9.60. The Morgan fingerprint density at radius 1 is 0.969 bits per heavy atom. The van der Waals surface area contributed by atoms with Crippen LogP contribution in [0.5, 0.6) is 5.75 Å². The zero-order valence-electron chi connectivity index (χ0n) is 17.9. The molecule has 7 heteroatoms. The topological polar surface area (TPSA) is 81.5 Å². The number of ketones is 1. The minimum Gasteiger partial charge on any atom is -0.497 e. The van der Waals surface area contributed by atoms with Gasteiger partial charge < -0.3 is 9.64 Å². The zero-order valence-corrected chi connectivity index (χ0v) is 17.9. The molecule has 1 fully saturated rings. The number of aromatic nitrogens is 2. The molecule has 0 N–H and O–H groups in total. The second-order valence-corrected chi connectivity index (χ2v) is 7.86. The maximum absolute atomic E-state index is 13.0. The van der Waals surface area contributed by atoms with Gasteiger partial charge in [-0.15, -0.1) is 0 Å². The van der Waals surface area contributed by atoms with Crippen molar-refractivity contribution < 1.29 is 14.3 Å². The summed E-state index contributed by atoms with van der Waals surface area (Å²) in [5, 5.41) is 4.29. The van der Waals surface area contributed by atoms with Gasteiger partial charge in [-0.3, -0.25) is 14.4 Å². The second-order valence-electron chi connectivity index (χ2n) is 7.86. The van der Waals surface area contributed by atoms with Gasteiger partial charge in [-0.1, -0.05) is 30.3 Å². The van der Waals surface area contributed by atoms with Crippen LogP contribution in [0.1, 0.15) is 39.3 Å². The maximum atomic E-state index is 13.0. The lowest BCUT2D eigenvalue weighted by Gasteiger charge is -2.31. The third kappa shape index (κ3) is 4.77. The molecule has 2 aromatic carbocycles. The number of nitrogens with zero attached hydrogens (tertiary/aromatic N) is 3. The molecule has 1 saturated heterocycles. The highest BCUT2D eigenvalue weighted by atomic mass is 16.5. The molecule has 4 rings (SSSR count). The molecule has 1 aliphatic rings. The number of likely N-dealkylation sites (tertiary alicyclic amines) is 1. The predicted octanol–water partition coefficient (Wildman–Crippen LogP) is 3.04. The molecule has 7 nitrogen and oxygen atoms in total. The fraction of sp³-hybridized carbons (Fsp3) is 0.280. The van der Waals surface area contributed by atoms with E-state index in [4.69, 9.17) is 4.74 Å². The number of ether oxygens (including phenoxy) is 1. The summed E-state index contributed by atoms with van der Waals surface area (Å²) < 4.78 is 6.45. The summed E-state index contributed by atoms with van der Waals surface area (Å²) in [6.07, 6.45) is 1.19. The van der Waals surface area contributed by atoms with E-state index < -0.39 is 0 Å². The molecular weight excluding hydrogens is 406 g/mol. The van der Waals surface area contributed by atoms with Crippen LogP contribution < -0.4 is 10.3 Å². The Balaban J connectivity index is 1.40. The van der Waals surface area contributed by atoms with Crippen LogP contribution >= 0.6 is 0 Å². The van der Waals surface area contributed by atoms with Crippen molar-refractivity contribution >= 4 is 11.7 Å². The van der Waals surface area contributed by atoms with Crippen LogP contribution in [0.25, 0.3) is 0 Å². The van der Waals surface area contributed by atoms with Gasteiger partial charge in [0, 0.05) is 30.6 Å². The van der Waals surface area contributed by atoms with Crippen molar-refractivity contribution in [2.24, 2.45) is 5.92 Å². The van der Waals surface area contributed by atoms with Crippen molar-refractivity contribution in [3.63, 3.8) is 0 Å². The molecule has 0 unspecified atom stereocenters. The molecule has 0 atom stereocenters. The number of amides is 1. The van der Waals surface area contributed by atoms with Gasteiger partial charge in [0.25, 0.3) is 11.5 Å². The number of carbonyl (C=O) groups is 2. The van der Waals surface area contributed by atoms with Crippen molar-refractivity contribution in [2.45, 2.75) is 19.4 Å². The summed E-state index contributed by atoms with van der Waals surface area (Å²) in [7, 11) is 1.59. The van der Waals surface area contributed by atoms with Crippen LogP contribution in [0, 0.1) is 5.92 Å². The fourth-order valence-corrected chi connectivity index (χ4v) is 3.93. The van der Waals surface area contributed by atoms with Crippen LogP contribution in [0.4, 0.5) is 0 Å². The van der Waals surface area contributed by atoms with E-state index in [2.05, 4.69) is 5.10 Å². The maximum Gasteiger partial charge on any atom is 0.274 e. The van der Waals surface area contributed by atoms with E-state index in [-0.39, 0.29) is 28.9 Å². The first kappa shape index (κ1) is 21.5. The number of hydrogen-bond acceptors (Lipinski definition) is 5. The molecule has 2 heterocycles. The number of rotatable bonds is 6. The van der Waals surface area contributed by atoms with Gasteiger partial charge in [-0.25, -0.2) is 4.68 Å². The van der Waals surface area contributed by atoms with Gasteiger partial charge >= 0.3 is 0 Å². The Morgan fingerprint density at radius 3 is 2.31 bits per heavy atom. The third-order valence-electron chi connectivity index (χ3n) is 5.79. The summed E-state index contributed by atoms with van der Waals surface area (Å²) in [5.41, 5.74) is 1.57. The van der Waals surface area contributed by atoms with E-state index in [9.17, 15) is 14.4 Å². The lowest BCUT2D eigenvalue weighted by Crippen LogP contribution is -2.41. The molecule has 1 aromatic heterocycles. The Bertz CT molecular complexity index is 1150. The molecule has 1 amide bonds. The number of methoxy groups -OCH3 is 1. The molecule has 0 aliphatic carbocycles. The van der Waals surface area contributed by atoms with Gasteiger partial charge in [-0.05, 0) is 48.7 Å². The highest BCUT2D eigenvalue weighted by molar-refractivity contribution is 5.98. The highest BCUT2D eigenvalue weighted by Crippen LogP contribution is 2.24. The van der Waals surface area contributed by atoms with Gasteiger partial charge in [0.1, 0.15) is 11.4 Å². The largest absolute Gasteiger partial charge is 0.497 e. The molecule has 1 aliphatic heterocycles. The molecule has 32 heavy (non-hydrogen) atoms. The molecule has 0 saturated carbocycles. The van der Waals surface area contributed by atoms with Gasteiger partial charge in [0.05, 0.1) is 13.7 Å². The van der Waals surface area contributed by atoms with E-state index in [0.717, 1.165) is 5.56 Å². The standard InChI is InChI=1S/C25H25N3O4/c1-32-21-9-7-19(8-10-21)24(30)20-13-15-27(16-14-20)25(31)22-11-12-23(29)28(26-22)17-18-5-3-2-4-6-18/h2-12,20H,13-17H2,1H3. The molecule has 164 valence electrons. The summed E-state index contributed by atoms with van der Waals surface area (Å²) in [5.74, 6) is 0.465. The van der Waals surface area contributed by atoms with Gasteiger partial charge in [-0.2, -0.15) is 5.10 Å². The van der Waals surface area contributed by atoms with E-state index in [1.165, 1.54) is 16.8 Å². The van der Waals surface area contributed by atoms with Gasteiger partial charge in [0.2, 0.25) is 0 Å². The predicted molar refractivity (Wildman–Crippen MR) is 120 cm³/mol. The monoisotopic (exact) mass is 431 g/mol. The van der Waals surface area contributed by atoms with Crippen LogP contribution in [-0.2, 0) is 6.54 Å². The van der Waals surface area contributed by atoms with Crippen molar-refractivity contribution in [3.8, 4) is 5.75 Å². The molecule has 0 radical (unpaired) electrons.